The maximum Gasteiger partial charge on any atom is 0.119 e. The summed E-state index contributed by atoms with van der Waals surface area (Å²) in [6, 6.07) is 8.25. The standard InChI is InChI=1S/C12H18N2O/c1-15-11-4-2-3-10(9-11)12(5-7-13)6-8-14-12/h2-4,9,14H,5-8,13H2,1H3. The van der Waals surface area contributed by atoms with Crippen LogP contribution in [0.25, 0.3) is 0 Å². The summed E-state index contributed by atoms with van der Waals surface area (Å²) in [5.41, 5.74) is 7.05. The molecule has 1 aliphatic heterocycles. The molecule has 3 N–H and O–H groups in total. The van der Waals surface area contributed by atoms with E-state index in [1.165, 1.54) is 5.56 Å². The fourth-order valence-electron chi connectivity index (χ4n) is 2.20. The average molecular weight is 206 g/mol. The molecule has 2 rings (SSSR count). The van der Waals surface area contributed by atoms with Gasteiger partial charge in [0.25, 0.3) is 0 Å². The van der Waals surface area contributed by atoms with E-state index in [0.717, 1.165) is 25.1 Å². The lowest BCUT2D eigenvalue weighted by atomic mass is 9.78. The molecule has 0 amide bonds. The van der Waals surface area contributed by atoms with E-state index in [1.807, 2.05) is 12.1 Å². The number of benzene rings is 1. The third kappa shape index (κ3) is 1.85. The van der Waals surface area contributed by atoms with E-state index in [9.17, 15) is 0 Å². The van der Waals surface area contributed by atoms with Gasteiger partial charge in [0.2, 0.25) is 0 Å². The zero-order chi connectivity index (χ0) is 10.7. The number of hydrogen-bond donors (Lipinski definition) is 2. The molecule has 3 heteroatoms. The first-order chi connectivity index (χ1) is 7.30. The van der Waals surface area contributed by atoms with Gasteiger partial charge in [-0.15, -0.1) is 0 Å². The normalized spacial score (nSPS) is 24.7. The lowest BCUT2D eigenvalue weighted by Gasteiger charge is -2.44. The highest BCUT2D eigenvalue weighted by Crippen LogP contribution is 2.35. The van der Waals surface area contributed by atoms with E-state index >= 15 is 0 Å². The molecule has 0 bridgehead atoms. The summed E-state index contributed by atoms with van der Waals surface area (Å²) < 4.78 is 5.24. The summed E-state index contributed by atoms with van der Waals surface area (Å²) >= 11 is 0. The number of hydrogen-bond acceptors (Lipinski definition) is 3. The second-order valence-electron chi connectivity index (χ2n) is 4.03. The van der Waals surface area contributed by atoms with Gasteiger partial charge in [0.05, 0.1) is 7.11 Å². The highest BCUT2D eigenvalue weighted by atomic mass is 16.5. The first kappa shape index (κ1) is 10.5. The number of ether oxygens (including phenoxy) is 1. The fraction of sp³-hybridized carbons (Fsp3) is 0.500. The Hall–Kier alpha value is -1.06. The molecule has 0 radical (unpaired) electrons. The van der Waals surface area contributed by atoms with Gasteiger partial charge in [0.15, 0.2) is 0 Å². The van der Waals surface area contributed by atoms with Crippen molar-refractivity contribution < 1.29 is 4.74 Å². The first-order valence-corrected chi connectivity index (χ1v) is 5.40. The Morgan fingerprint density at radius 2 is 2.33 bits per heavy atom. The van der Waals surface area contributed by atoms with Crippen LogP contribution in [-0.4, -0.2) is 20.2 Å². The second-order valence-corrected chi connectivity index (χ2v) is 4.03. The Labute approximate surface area is 90.6 Å². The molecule has 1 aliphatic rings. The van der Waals surface area contributed by atoms with Gasteiger partial charge in [0, 0.05) is 5.54 Å². The van der Waals surface area contributed by atoms with Crippen LogP contribution in [0.3, 0.4) is 0 Å². The first-order valence-electron chi connectivity index (χ1n) is 5.40. The molecule has 1 aromatic rings. The van der Waals surface area contributed by atoms with Crippen LogP contribution in [0.5, 0.6) is 5.75 Å². The van der Waals surface area contributed by atoms with Crippen molar-refractivity contribution in [2.45, 2.75) is 18.4 Å². The Balaban J connectivity index is 2.26. The number of rotatable bonds is 4. The van der Waals surface area contributed by atoms with Gasteiger partial charge in [-0.3, -0.25) is 0 Å². The number of nitrogens with two attached hydrogens (primary N) is 1. The molecule has 0 aromatic heterocycles. The molecule has 1 unspecified atom stereocenters. The van der Waals surface area contributed by atoms with Crippen molar-refractivity contribution in [1.82, 2.24) is 5.32 Å². The van der Waals surface area contributed by atoms with Gasteiger partial charge in [-0.2, -0.15) is 0 Å². The summed E-state index contributed by atoms with van der Waals surface area (Å²) in [4.78, 5) is 0. The molecule has 1 heterocycles. The van der Waals surface area contributed by atoms with E-state index in [2.05, 4.69) is 17.4 Å². The minimum absolute atomic E-state index is 0.100. The highest BCUT2D eigenvalue weighted by molar-refractivity contribution is 5.35. The van der Waals surface area contributed by atoms with E-state index in [-0.39, 0.29) is 5.54 Å². The largest absolute Gasteiger partial charge is 0.497 e. The van der Waals surface area contributed by atoms with Gasteiger partial charge in [-0.05, 0) is 43.6 Å². The summed E-state index contributed by atoms with van der Waals surface area (Å²) in [6.07, 6.45) is 2.15. The molecule has 1 saturated heterocycles. The molecular weight excluding hydrogens is 188 g/mol. The summed E-state index contributed by atoms with van der Waals surface area (Å²) in [6.45, 7) is 1.79. The lowest BCUT2D eigenvalue weighted by molar-refractivity contribution is 0.196. The van der Waals surface area contributed by atoms with Gasteiger partial charge in [-0.25, -0.2) is 0 Å². The molecule has 82 valence electrons. The predicted molar refractivity (Wildman–Crippen MR) is 61.0 cm³/mol. The van der Waals surface area contributed by atoms with Gasteiger partial charge in [0.1, 0.15) is 5.75 Å². The average Bonchev–Trinajstić information content (AvgIpc) is 2.23. The summed E-state index contributed by atoms with van der Waals surface area (Å²) in [5, 5.41) is 3.49. The minimum atomic E-state index is 0.100. The summed E-state index contributed by atoms with van der Waals surface area (Å²) in [5.74, 6) is 0.914. The smallest absolute Gasteiger partial charge is 0.119 e. The molecule has 0 aliphatic carbocycles. The predicted octanol–water partition coefficient (Wildman–Crippen LogP) is 1.23. The fourth-order valence-corrected chi connectivity index (χ4v) is 2.20. The third-order valence-electron chi connectivity index (χ3n) is 3.21. The van der Waals surface area contributed by atoms with E-state index in [4.69, 9.17) is 10.5 Å². The molecule has 15 heavy (non-hydrogen) atoms. The van der Waals surface area contributed by atoms with Crippen molar-refractivity contribution in [2.24, 2.45) is 5.73 Å². The van der Waals surface area contributed by atoms with Crippen LogP contribution in [0.1, 0.15) is 18.4 Å². The molecule has 3 nitrogen and oxygen atoms in total. The lowest BCUT2D eigenvalue weighted by Crippen LogP contribution is -2.55. The zero-order valence-electron chi connectivity index (χ0n) is 9.12. The van der Waals surface area contributed by atoms with Crippen molar-refractivity contribution in [3.63, 3.8) is 0 Å². The van der Waals surface area contributed by atoms with Gasteiger partial charge >= 0.3 is 0 Å². The SMILES string of the molecule is COc1cccc(C2(CCN)CCN2)c1. The molecule has 0 spiro atoms. The quantitative estimate of drug-likeness (QED) is 0.779. The van der Waals surface area contributed by atoms with Crippen LogP contribution in [0, 0.1) is 0 Å². The van der Waals surface area contributed by atoms with Crippen molar-refractivity contribution in [2.75, 3.05) is 20.2 Å². The van der Waals surface area contributed by atoms with Crippen LogP contribution < -0.4 is 15.8 Å². The van der Waals surface area contributed by atoms with Crippen LogP contribution in [0.2, 0.25) is 0 Å². The molecular formula is C12H18N2O. The number of methoxy groups -OCH3 is 1. The third-order valence-corrected chi connectivity index (χ3v) is 3.21. The Morgan fingerprint density at radius 1 is 1.53 bits per heavy atom. The maximum absolute atomic E-state index is 5.66. The van der Waals surface area contributed by atoms with Crippen LogP contribution >= 0.6 is 0 Å². The van der Waals surface area contributed by atoms with E-state index in [1.54, 1.807) is 7.11 Å². The van der Waals surface area contributed by atoms with Crippen LogP contribution in [-0.2, 0) is 5.54 Å². The van der Waals surface area contributed by atoms with Crippen LogP contribution in [0.4, 0.5) is 0 Å². The monoisotopic (exact) mass is 206 g/mol. The van der Waals surface area contributed by atoms with E-state index in [0.29, 0.717) is 6.54 Å². The Bertz CT molecular complexity index is 334. The highest BCUT2D eigenvalue weighted by Gasteiger charge is 2.37. The topological polar surface area (TPSA) is 47.3 Å². The van der Waals surface area contributed by atoms with Gasteiger partial charge < -0.3 is 15.8 Å². The molecule has 1 fully saturated rings. The molecule has 1 atom stereocenters. The molecule has 0 saturated carbocycles. The van der Waals surface area contributed by atoms with Crippen molar-refractivity contribution in [1.29, 1.82) is 0 Å². The zero-order valence-corrected chi connectivity index (χ0v) is 9.12. The van der Waals surface area contributed by atoms with Crippen molar-refractivity contribution in [3.05, 3.63) is 29.8 Å². The Kier molecular flexibility index (Phi) is 2.93. The maximum atomic E-state index is 5.66. The van der Waals surface area contributed by atoms with Gasteiger partial charge in [-0.1, -0.05) is 12.1 Å². The molecule has 1 aromatic carbocycles. The Morgan fingerprint density at radius 3 is 2.87 bits per heavy atom. The van der Waals surface area contributed by atoms with Crippen molar-refractivity contribution in [3.8, 4) is 5.75 Å². The minimum Gasteiger partial charge on any atom is -0.497 e. The van der Waals surface area contributed by atoms with Crippen molar-refractivity contribution >= 4 is 0 Å². The summed E-state index contributed by atoms with van der Waals surface area (Å²) in [7, 11) is 1.70. The second kappa shape index (κ2) is 4.21. The van der Waals surface area contributed by atoms with E-state index < -0.39 is 0 Å². The number of nitrogens with one attached hydrogen (secondary N) is 1. The van der Waals surface area contributed by atoms with Crippen LogP contribution in [0.15, 0.2) is 24.3 Å².